The zero-order valence-electron chi connectivity index (χ0n) is 10.9. The van der Waals surface area contributed by atoms with E-state index in [2.05, 4.69) is 15.3 Å². The molecule has 106 valence electrons. The Kier molecular flexibility index (Phi) is 3.19. The van der Waals surface area contributed by atoms with E-state index in [0.29, 0.717) is 11.5 Å². The van der Waals surface area contributed by atoms with Crippen LogP contribution in [0.15, 0.2) is 36.7 Å². The third kappa shape index (κ3) is 2.50. The lowest BCUT2D eigenvalue weighted by Gasteiger charge is -2.04. The molecule has 21 heavy (non-hydrogen) atoms. The van der Waals surface area contributed by atoms with Gasteiger partial charge in [-0.1, -0.05) is 11.6 Å². The van der Waals surface area contributed by atoms with E-state index in [9.17, 15) is 4.79 Å². The molecule has 0 spiro atoms. The summed E-state index contributed by atoms with van der Waals surface area (Å²) in [5.74, 6) is -0.710. The normalized spacial score (nSPS) is 10.8. The van der Waals surface area contributed by atoms with Crippen molar-refractivity contribution in [2.24, 2.45) is 7.05 Å². The van der Waals surface area contributed by atoms with E-state index in [0.717, 1.165) is 5.56 Å². The van der Waals surface area contributed by atoms with Crippen molar-refractivity contribution in [1.29, 1.82) is 0 Å². The Morgan fingerprint density at radius 2 is 2.10 bits per heavy atom. The molecule has 0 aliphatic heterocycles. The second-order valence-electron chi connectivity index (χ2n) is 4.41. The molecule has 0 bridgehead atoms. The fourth-order valence-electron chi connectivity index (χ4n) is 1.94. The topological polar surface area (TPSA) is 85.8 Å². The van der Waals surface area contributed by atoms with Gasteiger partial charge >= 0.3 is 5.97 Å². The quantitative estimate of drug-likeness (QED) is 0.800. The molecule has 0 radical (unpaired) electrons. The second kappa shape index (κ2) is 5.02. The number of carbonyl (C=O) groups is 1. The summed E-state index contributed by atoms with van der Waals surface area (Å²) in [5, 5.41) is 21.1. The molecule has 1 N–H and O–H groups in total. The number of hydrogen-bond donors (Lipinski definition) is 1. The molecule has 0 saturated carbocycles. The zero-order valence-corrected chi connectivity index (χ0v) is 11.7. The summed E-state index contributed by atoms with van der Waals surface area (Å²) in [6.45, 7) is 0. The zero-order chi connectivity index (χ0) is 15.0. The van der Waals surface area contributed by atoms with Gasteiger partial charge in [0.15, 0.2) is 16.7 Å². The van der Waals surface area contributed by atoms with Crippen molar-refractivity contribution in [1.82, 2.24) is 24.5 Å². The van der Waals surface area contributed by atoms with Gasteiger partial charge in [-0.2, -0.15) is 5.10 Å². The van der Waals surface area contributed by atoms with Gasteiger partial charge in [0.05, 0.1) is 5.69 Å². The standard InChI is InChI=1S/C13H10ClN5O2/c1-18-5-4-8(7-18)10-6-9(13(20)21)17-19(10)12-3-2-11(14)15-16-12/h2-7H,1H3,(H,20,21). The van der Waals surface area contributed by atoms with Crippen LogP contribution in [0, 0.1) is 0 Å². The van der Waals surface area contributed by atoms with Crippen LogP contribution in [0.1, 0.15) is 10.5 Å². The number of rotatable bonds is 3. The van der Waals surface area contributed by atoms with Crippen LogP contribution in [0.2, 0.25) is 5.15 Å². The van der Waals surface area contributed by atoms with Crippen LogP contribution >= 0.6 is 11.6 Å². The number of carboxylic acid groups (broad SMARTS) is 1. The first-order valence-electron chi connectivity index (χ1n) is 6.00. The van der Waals surface area contributed by atoms with Crippen LogP contribution in [0.25, 0.3) is 17.1 Å². The first-order chi connectivity index (χ1) is 10.0. The predicted octanol–water partition coefficient (Wildman–Crippen LogP) is 2.02. The van der Waals surface area contributed by atoms with Gasteiger partial charge < -0.3 is 9.67 Å². The number of carboxylic acids is 1. The average molecular weight is 304 g/mol. The van der Waals surface area contributed by atoms with Gasteiger partial charge in [-0.15, -0.1) is 10.2 Å². The van der Waals surface area contributed by atoms with Crippen molar-refractivity contribution in [3.8, 4) is 17.1 Å². The molecule has 0 saturated heterocycles. The summed E-state index contributed by atoms with van der Waals surface area (Å²) >= 11 is 5.71. The maximum atomic E-state index is 11.2. The number of hydrogen-bond acceptors (Lipinski definition) is 4. The van der Waals surface area contributed by atoms with Gasteiger partial charge in [0.25, 0.3) is 0 Å². The Labute approximate surface area is 124 Å². The molecule has 0 atom stereocenters. The molecule has 8 heteroatoms. The molecule has 0 aromatic carbocycles. The fourth-order valence-corrected chi connectivity index (χ4v) is 2.04. The molecular weight excluding hydrogens is 294 g/mol. The molecule has 3 rings (SSSR count). The lowest BCUT2D eigenvalue weighted by Crippen LogP contribution is -2.04. The Morgan fingerprint density at radius 1 is 1.29 bits per heavy atom. The van der Waals surface area contributed by atoms with Crippen molar-refractivity contribution < 1.29 is 9.90 Å². The van der Waals surface area contributed by atoms with Crippen LogP contribution in [0.3, 0.4) is 0 Å². The van der Waals surface area contributed by atoms with E-state index in [1.54, 1.807) is 12.1 Å². The van der Waals surface area contributed by atoms with E-state index >= 15 is 0 Å². The molecule has 3 aromatic rings. The van der Waals surface area contributed by atoms with Crippen molar-refractivity contribution in [2.45, 2.75) is 0 Å². The van der Waals surface area contributed by atoms with Gasteiger partial charge in [0.2, 0.25) is 0 Å². The van der Waals surface area contributed by atoms with Crippen molar-refractivity contribution in [2.75, 3.05) is 0 Å². The van der Waals surface area contributed by atoms with Crippen LogP contribution < -0.4 is 0 Å². The molecule has 3 heterocycles. The highest BCUT2D eigenvalue weighted by atomic mass is 35.5. The summed E-state index contributed by atoms with van der Waals surface area (Å²) in [6, 6.07) is 6.55. The first kappa shape index (κ1) is 13.3. The summed E-state index contributed by atoms with van der Waals surface area (Å²) in [6.07, 6.45) is 3.73. The molecule has 0 aliphatic carbocycles. The van der Waals surface area contributed by atoms with E-state index in [-0.39, 0.29) is 10.8 Å². The van der Waals surface area contributed by atoms with Crippen molar-refractivity contribution in [3.05, 3.63) is 47.5 Å². The van der Waals surface area contributed by atoms with Gasteiger partial charge in [0, 0.05) is 25.0 Å². The van der Waals surface area contributed by atoms with Crippen molar-refractivity contribution >= 4 is 17.6 Å². The third-order valence-electron chi connectivity index (χ3n) is 2.89. The van der Waals surface area contributed by atoms with E-state index in [4.69, 9.17) is 16.7 Å². The summed E-state index contributed by atoms with van der Waals surface area (Å²) < 4.78 is 3.29. The maximum Gasteiger partial charge on any atom is 0.356 e. The van der Waals surface area contributed by atoms with Gasteiger partial charge in [-0.3, -0.25) is 0 Å². The number of aromatic carboxylic acids is 1. The highest BCUT2D eigenvalue weighted by Gasteiger charge is 2.17. The summed E-state index contributed by atoms with van der Waals surface area (Å²) in [4.78, 5) is 11.2. The number of aryl methyl sites for hydroxylation is 1. The number of nitrogens with zero attached hydrogens (tertiary/aromatic N) is 5. The minimum Gasteiger partial charge on any atom is -0.476 e. The summed E-state index contributed by atoms with van der Waals surface area (Å²) in [5.41, 5.74) is 1.38. The minimum absolute atomic E-state index is 0.0643. The molecule has 3 aromatic heterocycles. The molecule has 0 unspecified atom stereocenters. The SMILES string of the molecule is Cn1ccc(-c2cc(C(=O)O)nn2-c2ccc(Cl)nn2)c1. The predicted molar refractivity (Wildman–Crippen MR) is 75.5 cm³/mol. The monoisotopic (exact) mass is 303 g/mol. The Hall–Kier alpha value is -2.67. The molecule has 0 amide bonds. The lowest BCUT2D eigenvalue weighted by atomic mass is 10.2. The van der Waals surface area contributed by atoms with E-state index in [1.165, 1.54) is 10.7 Å². The molecule has 0 fully saturated rings. The Morgan fingerprint density at radius 3 is 2.67 bits per heavy atom. The lowest BCUT2D eigenvalue weighted by molar-refractivity contribution is 0.0690. The smallest absolute Gasteiger partial charge is 0.356 e. The third-order valence-corrected chi connectivity index (χ3v) is 3.09. The van der Waals surface area contributed by atoms with Gasteiger partial charge in [-0.05, 0) is 24.3 Å². The molecular formula is C13H10ClN5O2. The summed E-state index contributed by atoms with van der Waals surface area (Å²) in [7, 11) is 1.88. The van der Waals surface area contributed by atoms with Crippen molar-refractivity contribution in [3.63, 3.8) is 0 Å². The first-order valence-corrected chi connectivity index (χ1v) is 6.38. The Balaban J connectivity index is 2.18. The van der Waals surface area contributed by atoms with E-state index in [1.807, 2.05) is 30.1 Å². The maximum absolute atomic E-state index is 11.2. The van der Waals surface area contributed by atoms with Crippen LogP contribution in [0.5, 0.6) is 0 Å². The highest BCUT2D eigenvalue weighted by Crippen LogP contribution is 2.23. The second-order valence-corrected chi connectivity index (χ2v) is 4.80. The minimum atomic E-state index is -1.10. The number of aromatic nitrogens is 5. The van der Waals surface area contributed by atoms with Gasteiger partial charge in [-0.25, -0.2) is 9.48 Å². The van der Waals surface area contributed by atoms with Crippen LogP contribution in [-0.2, 0) is 7.05 Å². The highest BCUT2D eigenvalue weighted by molar-refractivity contribution is 6.29. The van der Waals surface area contributed by atoms with Gasteiger partial charge in [0.1, 0.15) is 0 Å². The number of halogens is 1. The largest absolute Gasteiger partial charge is 0.476 e. The van der Waals surface area contributed by atoms with E-state index < -0.39 is 5.97 Å². The van der Waals surface area contributed by atoms with Crippen LogP contribution in [-0.4, -0.2) is 35.6 Å². The fraction of sp³-hybridized carbons (Fsp3) is 0.0769. The Bertz CT molecular complexity index is 806. The molecule has 7 nitrogen and oxygen atoms in total. The van der Waals surface area contributed by atoms with Crippen LogP contribution in [0.4, 0.5) is 0 Å². The molecule has 0 aliphatic rings. The average Bonchev–Trinajstić information content (AvgIpc) is 3.05.